The maximum absolute atomic E-state index is 13.2. The van der Waals surface area contributed by atoms with E-state index in [-0.39, 0.29) is 24.2 Å². The Labute approximate surface area is 216 Å². The molecule has 2 heterocycles. The zero-order chi connectivity index (χ0) is 26.6. The van der Waals surface area contributed by atoms with Crippen molar-refractivity contribution < 1.29 is 31.1 Å². The first-order valence-electron chi connectivity index (χ1n) is 12.6. The molecule has 37 heavy (non-hydrogen) atoms. The molecule has 1 atom stereocenters. The van der Waals surface area contributed by atoms with E-state index in [0.29, 0.717) is 18.2 Å². The minimum Gasteiger partial charge on any atom is -0.354 e. The summed E-state index contributed by atoms with van der Waals surface area (Å²) < 4.78 is 79.0. The highest BCUT2D eigenvalue weighted by Gasteiger charge is 2.37. The Balaban J connectivity index is 1.40. The lowest BCUT2D eigenvalue weighted by Gasteiger charge is -2.43. The molecule has 1 unspecified atom stereocenters. The molecule has 204 valence electrons. The second-order valence-corrected chi connectivity index (χ2v) is 10.6. The molecule has 0 radical (unpaired) electrons. The number of alkyl halides is 6. The van der Waals surface area contributed by atoms with Crippen molar-refractivity contribution in [2.45, 2.75) is 63.0 Å². The number of halogens is 6. The van der Waals surface area contributed by atoms with Gasteiger partial charge in [-0.1, -0.05) is 19.3 Å². The average Bonchev–Trinajstić information content (AvgIpc) is 3.38. The predicted octanol–water partition coefficient (Wildman–Crippen LogP) is 6.14. The van der Waals surface area contributed by atoms with Crippen LogP contribution < -0.4 is 5.32 Å². The van der Waals surface area contributed by atoms with Crippen LogP contribution in [-0.4, -0.2) is 54.5 Å². The Morgan fingerprint density at radius 1 is 0.946 bits per heavy atom. The number of carbonyl (C=O) groups excluding carboxylic acids is 1. The van der Waals surface area contributed by atoms with Crippen molar-refractivity contribution >= 4 is 17.2 Å². The van der Waals surface area contributed by atoms with Crippen LogP contribution in [0, 0.1) is 0 Å². The van der Waals surface area contributed by atoms with Crippen molar-refractivity contribution in [3.63, 3.8) is 0 Å². The van der Waals surface area contributed by atoms with Crippen molar-refractivity contribution in [1.29, 1.82) is 0 Å². The largest absolute Gasteiger partial charge is 0.416 e. The Kier molecular flexibility index (Phi) is 8.85. The molecule has 1 saturated heterocycles. The number of thiophene rings is 1. The van der Waals surface area contributed by atoms with Crippen molar-refractivity contribution in [3.05, 3.63) is 57.3 Å². The molecule has 11 heteroatoms. The smallest absolute Gasteiger partial charge is 0.354 e. The molecular weight excluding hydrogens is 516 g/mol. The molecule has 1 N–H and O–H groups in total. The van der Waals surface area contributed by atoms with Gasteiger partial charge in [-0.25, -0.2) is 0 Å². The van der Waals surface area contributed by atoms with E-state index in [2.05, 4.69) is 15.1 Å². The average molecular weight is 548 g/mol. The molecule has 2 aliphatic rings. The van der Waals surface area contributed by atoms with Gasteiger partial charge in [0.15, 0.2) is 0 Å². The number of hydrogen-bond donors (Lipinski definition) is 1. The van der Waals surface area contributed by atoms with Crippen LogP contribution >= 0.6 is 11.3 Å². The lowest BCUT2D eigenvalue weighted by molar-refractivity contribution is -0.143. The Morgan fingerprint density at radius 2 is 1.57 bits per heavy atom. The fourth-order valence-electron chi connectivity index (χ4n) is 5.36. The summed E-state index contributed by atoms with van der Waals surface area (Å²) in [5.41, 5.74) is -2.13. The third kappa shape index (κ3) is 7.48. The molecule has 2 aromatic rings. The topological polar surface area (TPSA) is 35.6 Å². The molecule has 0 bridgehead atoms. The highest BCUT2D eigenvalue weighted by molar-refractivity contribution is 7.08. The first-order valence-corrected chi connectivity index (χ1v) is 13.5. The summed E-state index contributed by atoms with van der Waals surface area (Å²) in [5.74, 6) is -0.617. The van der Waals surface area contributed by atoms with Crippen LogP contribution in [0.15, 0.2) is 35.0 Å². The van der Waals surface area contributed by atoms with Gasteiger partial charge >= 0.3 is 12.4 Å². The standard InChI is InChI=1S/C26H31F6N3OS/c27-25(28,29)20-12-18(13-21(15-20)26(30,31)32)14-24(36)33-16-23(19-6-11-37-17-19)35-9-7-34(8-10-35)22-4-2-1-3-5-22/h6,11-13,15,17,22-23H,1-5,7-10,14,16H2,(H,33,36). The van der Waals surface area contributed by atoms with Crippen molar-refractivity contribution in [2.24, 2.45) is 0 Å². The lowest BCUT2D eigenvalue weighted by Crippen LogP contribution is -2.52. The van der Waals surface area contributed by atoms with E-state index in [4.69, 9.17) is 0 Å². The number of amides is 1. The van der Waals surface area contributed by atoms with Crippen molar-refractivity contribution in [1.82, 2.24) is 15.1 Å². The normalized spacial score (nSPS) is 19.6. The molecule has 1 saturated carbocycles. The van der Waals surface area contributed by atoms with Crippen molar-refractivity contribution in [2.75, 3.05) is 32.7 Å². The third-order valence-corrected chi connectivity index (χ3v) is 8.01. The first-order chi connectivity index (χ1) is 17.5. The highest BCUT2D eigenvalue weighted by atomic mass is 32.1. The number of nitrogens with one attached hydrogen (secondary N) is 1. The highest BCUT2D eigenvalue weighted by Crippen LogP contribution is 2.36. The van der Waals surface area contributed by atoms with Gasteiger partial charge in [-0.05, 0) is 59.0 Å². The quantitative estimate of drug-likeness (QED) is 0.424. The van der Waals surface area contributed by atoms with E-state index < -0.39 is 35.8 Å². The number of benzene rings is 1. The zero-order valence-electron chi connectivity index (χ0n) is 20.4. The van der Waals surface area contributed by atoms with Crippen molar-refractivity contribution in [3.8, 4) is 0 Å². The summed E-state index contributed by atoms with van der Waals surface area (Å²) in [4.78, 5) is 17.5. The van der Waals surface area contributed by atoms with Crippen LogP contribution in [0.2, 0.25) is 0 Å². The Bertz CT molecular complexity index is 994. The molecule has 1 aromatic heterocycles. The second-order valence-electron chi connectivity index (χ2n) is 9.83. The minimum absolute atomic E-state index is 0.0704. The molecule has 4 rings (SSSR count). The number of hydrogen-bond acceptors (Lipinski definition) is 4. The molecule has 1 amide bonds. The summed E-state index contributed by atoms with van der Waals surface area (Å²) in [6.07, 6.45) is -4.17. The van der Waals surface area contributed by atoms with Gasteiger partial charge in [0, 0.05) is 38.8 Å². The number of rotatable bonds is 7. The van der Waals surface area contributed by atoms with Crippen LogP contribution in [0.4, 0.5) is 26.3 Å². The van der Waals surface area contributed by atoms with E-state index >= 15 is 0 Å². The Morgan fingerprint density at radius 3 is 2.11 bits per heavy atom. The van der Waals surface area contributed by atoms with Crippen LogP contribution in [0.3, 0.4) is 0 Å². The SMILES string of the molecule is O=C(Cc1cc(C(F)(F)F)cc(C(F)(F)F)c1)NCC(c1ccsc1)N1CCN(C2CCCCC2)CC1. The van der Waals surface area contributed by atoms with Crippen LogP contribution in [-0.2, 0) is 23.6 Å². The summed E-state index contributed by atoms with van der Waals surface area (Å²) in [7, 11) is 0. The van der Waals surface area contributed by atoms with E-state index in [9.17, 15) is 31.1 Å². The maximum Gasteiger partial charge on any atom is 0.416 e. The van der Waals surface area contributed by atoms with E-state index in [0.717, 1.165) is 31.7 Å². The maximum atomic E-state index is 13.2. The van der Waals surface area contributed by atoms with Gasteiger partial charge in [0.25, 0.3) is 0 Å². The summed E-state index contributed by atoms with van der Waals surface area (Å²) in [5, 5.41) is 6.71. The summed E-state index contributed by atoms with van der Waals surface area (Å²) in [6, 6.07) is 3.78. The van der Waals surface area contributed by atoms with Gasteiger partial charge in [0.1, 0.15) is 0 Å². The van der Waals surface area contributed by atoms with Gasteiger partial charge in [0.05, 0.1) is 23.6 Å². The molecule has 4 nitrogen and oxygen atoms in total. The number of nitrogens with zero attached hydrogens (tertiary/aromatic N) is 2. The monoisotopic (exact) mass is 547 g/mol. The molecule has 1 aromatic carbocycles. The number of piperazine rings is 1. The molecule has 2 fully saturated rings. The van der Waals surface area contributed by atoms with Gasteiger partial charge in [-0.3, -0.25) is 14.6 Å². The predicted molar refractivity (Wildman–Crippen MR) is 130 cm³/mol. The van der Waals surface area contributed by atoms with Crippen LogP contribution in [0.25, 0.3) is 0 Å². The first kappa shape index (κ1) is 27.9. The van der Waals surface area contributed by atoms with Gasteiger partial charge in [0.2, 0.25) is 5.91 Å². The minimum atomic E-state index is -4.95. The molecule has 0 spiro atoms. The fraction of sp³-hybridized carbons (Fsp3) is 0.577. The Hall–Kier alpha value is -2.11. The number of carbonyl (C=O) groups is 1. The summed E-state index contributed by atoms with van der Waals surface area (Å²) in [6.45, 7) is 3.75. The lowest BCUT2D eigenvalue weighted by atomic mass is 9.93. The van der Waals surface area contributed by atoms with E-state index in [1.807, 2.05) is 16.8 Å². The van der Waals surface area contributed by atoms with Gasteiger partial charge in [-0.15, -0.1) is 0 Å². The molecular formula is C26H31F6N3OS. The van der Waals surface area contributed by atoms with E-state index in [1.54, 1.807) is 0 Å². The molecule has 1 aliphatic heterocycles. The fourth-order valence-corrected chi connectivity index (χ4v) is 6.07. The van der Waals surface area contributed by atoms with Gasteiger partial charge < -0.3 is 5.32 Å². The second kappa shape index (κ2) is 11.7. The van der Waals surface area contributed by atoms with Crippen LogP contribution in [0.5, 0.6) is 0 Å². The summed E-state index contributed by atoms with van der Waals surface area (Å²) >= 11 is 1.54. The zero-order valence-corrected chi connectivity index (χ0v) is 21.2. The van der Waals surface area contributed by atoms with Gasteiger partial charge in [-0.2, -0.15) is 37.7 Å². The van der Waals surface area contributed by atoms with Crippen LogP contribution in [0.1, 0.15) is 60.4 Å². The van der Waals surface area contributed by atoms with E-state index in [1.165, 1.54) is 43.4 Å². The molecule has 1 aliphatic carbocycles. The third-order valence-electron chi connectivity index (χ3n) is 7.31.